The minimum Gasteiger partial charge on any atom is -0.384 e. The Morgan fingerprint density at radius 1 is 1.31 bits per heavy atom. The standard InChI is InChI=1S/C9H14N2.C2H6/c1-2-3-4-8-5-6-9(10)11-7-8;1-2/h5-7H,2-4H2,1H3,(H2,10,11);1-2H3. The first-order chi connectivity index (χ1) is 6.33. The summed E-state index contributed by atoms with van der Waals surface area (Å²) in [6.07, 6.45) is 5.42. The average molecular weight is 180 g/mol. The molecule has 0 aliphatic carbocycles. The first kappa shape index (κ1) is 11.9. The Labute approximate surface area is 81.2 Å². The van der Waals surface area contributed by atoms with E-state index in [9.17, 15) is 0 Å². The van der Waals surface area contributed by atoms with Gasteiger partial charge in [0.15, 0.2) is 0 Å². The van der Waals surface area contributed by atoms with Gasteiger partial charge >= 0.3 is 0 Å². The molecule has 1 aromatic rings. The second-order valence-electron chi connectivity index (χ2n) is 2.69. The van der Waals surface area contributed by atoms with Gasteiger partial charge < -0.3 is 5.73 Å². The van der Waals surface area contributed by atoms with Gasteiger partial charge in [-0.3, -0.25) is 0 Å². The lowest BCUT2D eigenvalue weighted by Gasteiger charge is -1.98. The monoisotopic (exact) mass is 180 g/mol. The van der Waals surface area contributed by atoms with Gasteiger partial charge in [0.1, 0.15) is 5.82 Å². The summed E-state index contributed by atoms with van der Waals surface area (Å²) in [6, 6.07) is 3.89. The lowest BCUT2D eigenvalue weighted by atomic mass is 10.1. The Morgan fingerprint density at radius 2 is 2.00 bits per heavy atom. The molecule has 1 aromatic heterocycles. The molecule has 2 nitrogen and oxygen atoms in total. The Morgan fingerprint density at radius 3 is 2.46 bits per heavy atom. The van der Waals surface area contributed by atoms with Gasteiger partial charge in [-0.05, 0) is 24.5 Å². The molecule has 0 fully saturated rings. The van der Waals surface area contributed by atoms with E-state index < -0.39 is 0 Å². The summed E-state index contributed by atoms with van der Waals surface area (Å²) in [6.45, 7) is 6.19. The van der Waals surface area contributed by atoms with Gasteiger partial charge in [0.05, 0.1) is 0 Å². The van der Waals surface area contributed by atoms with E-state index in [0.717, 1.165) is 6.42 Å². The van der Waals surface area contributed by atoms with Crippen LogP contribution in [0.4, 0.5) is 5.82 Å². The van der Waals surface area contributed by atoms with E-state index in [1.165, 1.54) is 18.4 Å². The van der Waals surface area contributed by atoms with Crippen LogP contribution < -0.4 is 5.73 Å². The maximum atomic E-state index is 5.44. The molecule has 0 saturated carbocycles. The van der Waals surface area contributed by atoms with E-state index in [-0.39, 0.29) is 0 Å². The fourth-order valence-corrected chi connectivity index (χ4v) is 0.965. The third-order valence-corrected chi connectivity index (χ3v) is 1.67. The maximum Gasteiger partial charge on any atom is 0.123 e. The van der Waals surface area contributed by atoms with Crippen LogP contribution in [0, 0.1) is 0 Å². The van der Waals surface area contributed by atoms with Crippen LogP contribution >= 0.6 is 0 Å². The number of hydrogen-bond donors (Lipinski definition) is 1. The molecule has 2 heteroatoms. The smallest absolute Gasteiger partial charge is 0.123 e. The zero-order chi connectivity index (χ0) is 10.1. The number of nitrogens with two attached hydrogens (primary N) is 1. The van der Waals surface area contributed by atoms with Crippen LogP contribution in [0.25, 0.3) is 0 Å². The second-order valence-corrected chi connectivity index (χ2v) is 2.69. The molecule has 13 heavy (non-hydrogen) atoms. The molecule has 1 heterocycles. The van der Waals surface area contributed by atoms with Gasteiger partial charge in [-0.1, -0.05) is 33.3 Å². The second kappa shape index (κ2) is 7.59. The molecule has 0 bridgehead atoms. The Balaban J connectivity index is 0.000000671. The van der Waals surface area contributed by atoms with E-state index in [1.54, 1.807) is 0 Å². The number of rotatable bonds is 3. The van der Waals surface area contributed by atoms with E-state index in [2.05, 4.69) is 11.9 Å². The van der Waals surface area contributed by atoms with Gasteiger partial charge in [-0.25, -0.2) is 4.98 Å². The van der Waals surface area contributed by atoms with E-state index in [1.807, 2.05) is 32.2 Å². The number of unbranched alkanes of at least 4 members (excludes halogenated alkanes) is 1. The first-order valence-corrected chi connectivity index (χ1v) is 5.03. The van der Waals surface area contributed by atoms with Gasteiger partial charge in [0, 0.05) is 6.20 Å². The minimum atomic E-state index is 0.602. The molecule has 0 saturated heterocycles. The van der Waals surface area contributed by atoms with Crippen LogP contribution in [0.15, 0.2) is 18.3 Å². The van der Waals surface area contributed by atoms with Crippen molar-refractivity contribution in [2.45, 2.75) is 40.0 Å². The molecular weight excluding hydrogens is 160 g/mol. The highest BCUT2D eigenvalue weighted by Crippen LogP contribution is 2.04. The van der Waals surface area contributed by atoms with Crippen LogP contribution in [-0.4, -0.2) is 4.98 Å². The lowest BCUT2D eigenvalue weighted by Crippen LogP contribution is -1.91. The van der Waals surface area contributed by atoms with E-state index in [0.29, 0.717) is 5.82 Å². The number of nitrogens with zero attached hydrogens (tertiary/aromatic N) is 1. The molecule has 0 amide bonds. The van der Waals surface area contributed by atoms with Crippen LogP contribution in [0.2, 0.25) is 0 Å². The number of anilines is 1. The SMILES string of the molecule is CC.CCCCc1ccc(N)nc1. The zero-order valence-corrected chi connectivity index (χ0v) is 8.88. The third kappa shape index (κ3) is 5.23. The molecule has 0 unspecified atom stereocenters. The molecular formula is C11H20N2. The summed E-state index contributed by atoms with van der Waals surface area (Å²) in [7, 11) is 0. The molecule has 2 N–H and O–H groups in total. The minimum absolute atomic E-state index is 0.602. The molecule has 0 aliphatic rings. The van der Waals surface area contributed by atoms with Crippen molar-refractivity contribution < 1.29 is 0 Å². The molecule has 0 aromatic carbocycles. The summed E-state index contributed by atoms with van der Waals surface area (Å²) in [5.74, 6) is 0.602. The first-order valence-electron chi connectivity index (χ1n) is 5.03. The predicted molar refractivity (Wildman–Crippen MR) is 58.6 cm³/mol. The Kier molecular flexibility index (Phi) is 6.98. The molecule has 1 rings (SSSR count). The van der Waals surface area contributed by atoms with Crippen molar-refractivity contribution in [1.82, 2.24) is 4.98 Å². The normalized spacial score (nSPS) is 8.85. The summed E-state index contributed by atoms with van der Waals surface area (Å²) in [5, 5.41) is 0. The number of aromatic nitrogens is 1. The Bertz CT molecular complexity index is 204. The van der Waals surface area contributed by atoms with Crippen LogP contribution in [0.5, 0.6) is 0 Å². The highest BCUT2D eigenvalue weighted by Gasteiger charge is 1.91. The summed E-state index contributed by atoms with van der Waals surface area (Å²) < 4.78 is 0. The molecule has 0 spiro atoms. The highest BCUT2D eigenvalue weighted by molar-refractivity contribution is 5.29. The highest BCUT2D eigenvalue weighted by atomic mass is 14.8. The van der Waals surface area contributed by atoms with E-state index in [4.69, 9.17) is 5.73 Å². The lowest BCUT2D eigenvalue weighted by molar-refractivity contribution is 0.792. The molecule has 74 valence electrons. The van der Waals surface area contributed by atoms with Gasteiger partial charge in [-0.15, -0.1) is 0 Å². The van der Waals surface area contributed by atoms with E-state index >= 15 is 0 Å². The van der Waals surface area contributed by atoms with Crippen LogP contribution in [-0.2, 0) is 6.42 Å². The van der Waals surface area contributed by atoms with Crippen molar-refractivity contribution >= 4 is 5.82 Å². The molecule has 0 aliphatic heterocycles. The average Bonchev–Trinajstić information content (AvgIpc) is 2.20. The third-order valence-electron chi connectivity index (χ3n) is 1.67. The van der Waals surface area contributed by atoms with Crippen molar-refractivity contribution in [3.05, 3.63) is 23.9 Å². The van der Waals surface area contributed by atoms with Crippen molar-refractivity contribution in [3.8, 4) is 0 Å². The number of hydrogen-bond acceptors (Lipinski definition) is 2. The van der Waals surface area contributed by atoms with Crippen molar-refractivity contribution in [3.63, 3.8) is 0 Å². The van der Waals surface area contributed by atoms with Gasteiger partial charge in [-0.2, -0.15) is 0 Å². The fraction of sp³-hybridized carbons (Fsp3) is 0.545. The van der Waals surface area contributed by atoms with Crippen molar-refractivity contribution in [2.24, 2.45) is 0 Å². The largest absolute Gasteiger partial charge is 0.384 e. The number of pyridine rings is 1. The number of nitrogen functional groups attached to an aromatic ring is 1. The predicted octanol–water partition coefficient (Wildman–Crippen LogP) is 3.03. The zero-order valence-electron chi connectivity index (χ0n) is 8.88. The summed E-state index contributed by atoms with van der Waals surface area (Å²) >= 11 is 0. The maximum absolute atomic E-state index is 5.44. The van der Waals surface area contributed by atoms with Crippen molar-refractivity contribution in [1.29, 1.82) is 0 Å². The summed E-state index contributed by atoms with van der Waals surface area (Å²) in [5.41, 5.74) is 6.72. The fourth-order valence-electron chi connectivity index (χ4n) is 0.965. The van der Waals surface area contributed by atoms with Gasteiger partial charge in [0.2, 0.25) is 0 Å². The molecule has 0 radical (unpaired) electrons. The number of aryl methyl sites for hydroxylation is 1. The van der Waals surface area contributed by atoms with Crippen LogP contribution in [0.3, 0.4) is 0 Å². The molecule has 0 atom stereocenters. The summed E-state index contributed by atoms with van der Waals surface area (Å²) in [4.78, 5) is 4.01. The van der Waals surface area contributed by atoms with Crippen LogP contribution in [0.1, 0.15) is 39.2 Å². The Hall–Kier alpha value is -1.05. The van der Waals surface area contributed by atoms with Crippen molar-refractivity contribution in [2.75, 3.05) is 5.73 Å². The topological polar surface area (TPSA) is 38.9 Å². The quantitative estimate of drug-likeness (QED) is 0.776. The van der Waals surface area contributed by atoms with Gasteiger partial charge in [0.25, 0.3) is 0 Å².